The van der Waals surface area contributed by atoms with Gasteiger partial charge in [-0.15, -0.1) is 11.3 Å². The molecular formula is C13H17N3S. The number of pyridine rings is 1. The zero-order valence-corrected chi connectivity index (χ0v) is 11.0. The molecule has 0 spiro atoms. The zero-order valence-electron chi connectivity index (χ0n) is 10.2. The summed E-state index contributed by atoms with van der Waals surface area (Å²) in [5.74, 6) is 0.876. The third-order valence-corrected chi connectivity index (χ3v) is 3.76. The average Bonchev–Trinajstić information content (AvgIpc) is 2.82. The number of aryl methyl sites for hydroxylation is 1. The number of nitrogens with zero attached hydrogens (tertiary/aromatic N) is 2. The highest BCUT2D eigenvalue weighted by Crippen LogP contribution is 2.22. The van der Waals surface area contributed by atoms with Gasteiger partial charge in [-0.05, 0) is 36.4 Å². The second-order valence-corrected chi connectivity index (χ2v) is 5.15. The van der Waals surface area contributed by atoms with Gasteiger partial charge in [0.15, 0.2) is 5.82 Å². The van der Waals surface area contributed by atoms with E-state index in [1.165, 1.54) is 4.88 Å². The normalized spacial score (nSPS) is 10.5. The molecule has 0 saturated carbocycles. The van der Waals surface area contributed by atoms with E-state index in [1.54, 1.807) is 11.3 Å². The van der Waals surface area contributed by atoms with Crippen LogP contribution in [0.5, 0.6) is 0 Å². The van der Waals surface area contributed by atoms with Crippen molar-refractivity contribution >= 4 is 22.8 Å². The molecule has 0 saturated heterocycles. The maximum absolute atomic E-state index is 6.03. The Kier molecular flexibility index (Phi) is 3.64. The van der Waals surface area contributed by atoms with E-state index in [1.807, 2.05) is 26.2 Å². The van der Waals surface area contributed by atoms with E-state index in [4.69, 9.17) is 5.73 Å². The fourth-order valence-electron chi connectivity index (χ4n) is 1.70. The van der Waals surface area contributed by atoms with Gasteiger partial charge in [-0.3, -0.25) is 0 Å². The van der Waals surface area contributed by atoms with Crippen LogP contribution in [-0.4, -0.2) is 18.6 Å². The Morgan fingerprint density at radius 1 is 1.41 bits per heavy atom. The Morgan fingerprint density at radius 2 is 2.24 bits per heavy atom. The van der Waals surface area contributed by atoms with E-state index in [9.17, 15) is 0 Å². The number of nitrogens with two attached hydrogens (primary N) is 1. The maximum atomic E-state index is 6.03. The summed E-state index contributed by atoms with van der Waals surface area (Å²) in [5.41, 5.74) is 7.89. The minimum Gasteiger partial charge on any atom is -0.396 e. The first-order valence-electron chi connectivity index (χ1n) is 5.63. The first-order chi connectivity index (χ1) is 8.18. The Bertz CT molecular complexity index is 479. The van der Waals surface area contributed by atoms with E-state index in [0.717, 1.165) is 30.0 Å². The van der Waals surface area contributed by atoms with Crippen LogP contribution in [0.4, 0.5) is 11.5 Å². The molecule has 0 aliphatic rings. The number of aromatic nitrogens is 1. The lowest BCUT2D eigenvalue weighted by Gasteiger charge is -2.20. The molecule has 17 heavy (non-hydrogen) atoms. The minimum absolute atomic E-state index is 0.779. The van der Waals surface area contributed by atoms with Crippen molar-refractivity contribution in [3.05, 3.63) is 40.2 Å². The van der Waals surface area contributed by atoms with Crippen LogP contribution in [0, 0.1) is 6.92 Å². The lowest BCUT2D eigenvalue weighted by atomic mass is 10.2. The summed E-state index contributed by atoms with van der Waals surface area (Å²) in [6.45, 7) is 2.94. The summed E-state index contributed by atoms with van der Waals surface area (Å²) < 4.78 is 0. The molecule has 0 unspecified atom stereocenters. The van der Waals surface area contributed by atoms with Crippen LogP contribution in [0.25, 0.3) is 0 Å². The summed E-state index contributed by atoms with van der Waals surface area (Å²) in [6, 6.07) is 6.18. The van der Waals surface area contributed by atoms with Gasteiger partial charge in [0.05, 0.1) is 5.69 Å². The van der Waals surface area contributed by atoms with Crippen molar-refractivity contribution in [2.75, 3.05) is 24.2 Å². The second kappa shape index (κ2) is 5.19. The van der Waals surface area contributed by atoms with Crippen LogP contribution in [0.2, 0.25) is 0 Å². The first kappa shape index (κ1) is 11.9. The molecule has 0 radical (unpaired) electrons. The van der Waals surface area contributed by atoms with Crippen molar-refractivity contribution < 1.29 is 0 Å². The Labute approximate surface area is 106 Å². The highest BCUT2D eigenvalue weighted by atomic mass is 32.1. The topological polar surface area (TPSA) is 42.2 Å². The monoisotopic (exact) mass is 247 g/mol. The van der Waals surface area contributed by atoms with Gasteiger partial charge in [0.1, 0.15) is 0 Å². The molecule has 0 bridgehead atoms. The molecule has 0 fully saturated rings. The number of nitrogen functional groups attached to an aromatic ring is 1. The van der Waals surface area contributed by atoms with Crippen molar-refractivity contribution in [2.45, 2.75) is 13.3 Å². The van der Waals surface area contributed by atoms with E-state index in [0.29, 0.717) is 0 Å². The number of hydrogen-bond acceptors (Lipinski definition) is 4. The van der Waals surface area contributed by atoms with Crippen LogP contribution in [0.3, 0.4) is 0 Å². The fourth-order valence-corrected chi connectivity index (χ4v) is 2.40. The Morgan fingerprint density at radius 3 is 2.94 bits per heavy atom. The van der Waals surface area contributed by atoms with E-state index < -0.39 is 0 Å². The molecule has 2 aromatic heterocycles. The SMILES string of the molecule is Cc1ccnc(N(C)CCc2cccs2)c1N. The van der Waals surface area contributed by atoms with Crippen molar-refractivity contribution in [3.8, 4) is 0 Å². The van der Waals surface area contributed by atoms with E-state index in [-0.39, 0.29) is 0 Å². The summed E-state index contributed by atoms with van der Waals surface area (Å²) >= 11 is 1.79. The molecule has 3 nitrogen and oxygen atoms in total. The van der Waals surface area contributed by atoms with Gasteiger partial charge in [0.25, 0.3) is 0 Å². The Balaban J connectivity index is 2.04. The molecule has 0 amide bonds. The number of rotatable bonds is 4. The highest BCUT2D eigenvalue weighted by molar-refractivity contribution is 7.09. The van der Waals surface area contributed by atoms with E-state index >= 15 is 0 Å². The van der Waals surface area contributed by atoms with Gasteiger partial charge < -0.3 is 10.6 Å². The number of hydrogen-bond donors (Lipinski definition) is 1. The number of likely N-dealkylation sites (N-methyl/N-ethyl adjacent to an activating group) is 1. The van der Waals surface area contributed by atoms with Crippen LogP contribution in [0.15, 0.2) is 29.8 Å². The molecule has 4 heteroatoms. The summed E-state index contributed by atoms with van der Waals surface area (Å²) in [5, 5.41) is 2.11. The molecule has 90 valence electrons. The van der Waals surface area contributed by atoms with Gasteiger partial charge in [-0.2, -0.15) is 0 Å². The summed E-state index contributed by atoms with van der Waals surface area (Å²) in [4.78, 5) is 7.85. The molecule has 0 aromatic carbocycles. The summed E-state index contributed by atoms with van der Waals surface area (Å²) in [7, 11) is 2.03. The van der Waals surface area contributed by atoms with E-state index in [2.05, 4.69) is 27.4 Å². The van der Waals surface area contributed by atoms with Gasteiger partial charge >= 0.3 is 0 Å². The van der Waals surface area contributed by atoms with Crippen molar-refractivity contribution in [3.63, 3.8) is 0 Å². The Hall–Kier alpha value is -1.55. The first-order valence-corrected chi connectivity index (χ1v) is 6.51. The van der Waals surface area contributed by atoms with Gasteiger partial charge in [-0.1, -0.05) is 6.07 Å². The third kappa shape index (κ3) is 2.77. The van der Waals surface area contributed by atoms with Crippen molar-refractivity contribution in [2.24, 2.45) is 0 Å². The van der Waals surface area contributed by atoms with Gasteiger partial charge in [0, 0.05) is 24.7 Å². The zero-order chi connectivity index (χ0) is 12.3. The molecule has 2 heterocycles. The smallest absolute Gasteiger partial charge is 0.151 e. The molecular weight excluding hydrogens is 230 g/mol. The van der Waals surface area contributed by atoms with Crippen molar-refractivity contribution in [1.29, 1.82) is 0 Å². The maximum Gasteiger partial charge on any atom is 0.151 e. The standard InChI is InChI=1S/C13H17N3S/c1-10-5-7-15-13(12(10)14)16(2)8-6-11-4-3-9-17-11/h3-5,7,9H,6,8,14H2,1-2H3. The minimum atomic E-state index is 0.779. The van der Waals surface area contributed by atoms with Crippen LogP contribution < -0.4 is 10.6 Å². The number of thiophene rings is 1. The second-order valence-electron chi connectivity index (χ2n) is 4.12. The molecule has 0 aliphatic carbocycles. The van der Waals surface area contributed by atoms with Gasteiger partial charge in [0.2, 0.25) is 0 Å². The quantitative estimate of drug-likeness (QED) is 0.903. The largest absolute Gasteiger partial charge is 0.396 e. The van der Waals surface area contributed by atoms with Crippen LogP contribution >= 0.6 is 11.3 Å². The lowest BCUT2D eigenvalue weighted by Crippen LogP contribution is -2.22. The molecule has 0 atom stereocenters. The van der Waals surface area contributed by atoms with Gasteiger partial charge in [-0.25, -0.2) is 4.98 Å². The third-order valence-electron chi connectivity index (χ3n) is 2.82. The van der Waals surface area contributed by atoms with Crippen molar-refractivity contribution in [1.82, 2.24) is 4.98 Å². The lowest BCUT2D eigenvalue weighted by molar-refractivity contribution is 0.870. The molecule has 0 aliphatic heterocycles. The predicted octanol–water partition coefficient (Wildman–Crippen LogP) is 2.71. The average molecular weight is 247 g/mol. The fraction of sp³-hybridized carbons (Fsp3) is 0.308. The number of anilines is 2. The molecule has 2 aromatic rings. The molecule has 2 rings (SSSR count). The molecule has 2 N–H and O–H groups in total. The van der Waals surface area contributed by atoms with Crippen LogP contribution in [-0.2, 0) is 6.42 Å². The summed E-state index contributed by atoms with van der Waals surface area (Å²) in [6.07, 6.45) is 2.84. The predicted molar refractivity (Wildman–Crippen MR) is 74.7 cm³/mol. The highest BCUT2D eigenvalue weighted by Gasteiger charge is 2.08. The van der Waals surface area contributed by atoms with Crippen LogP contribution in [0.1, 0.15) is 10.4 Å².